The van der Waals surface area contributed by atoms with Gasteiger partial charge in [0.25, 0.3) is 0 Å². The molecule has 0 amide bonds. The van der Waals surface area contributed by atoms with Crippen molar-refractivity contribution < 1.29 is 4.74 Å². The fraction of sp³-hybridized carbons (Fsp3) is 0.917. The maximum absolute atomic E-state index is 5.37. The molecule has 0 radical (unpaired) electrons. The van der Waals surface area contributed by atoms with E-state index in [2.05, 4.69) is 31.0 Å². The van der Waals surface area contributed by atoms with Crippen molar-refractivity contribution in [3.63, 3.8) is 0 Å². The van der Waals surface area contributed by atoms with Gasteiger partial charge in [0.1, 0.15) is 0 Å². The SMILES string of the molecule is CCCN(C(=S)NCCCOCC)C(C)C. The molecule has 16 heavy (non-hydrogen) atoms. The van der Waals surface area contributed by atoms with Crippen LogP contribution in [0.15, 0.2) is 0 Å². The fourth-order valence-corrected chi connectivity index (χ4v) is 1.85. The van der Waals surface area contributed by atoms with E-state index in [4.69, 9.17) is 17.0 Å². The molecule has 0 aliphatic rings. The van der Waals surface area contributed by atoms with Gasteiger partial charge in [-0.1, -0.05) is 6.92 Å². The molecule has 4 heteroatoms. The minimum Gasteiger partial charge on any atom is -0.382 e. The molecule has 1 N–H and O–H groups in total. The molecule has 0 aromatic carbocycles. The molecule has 0 spiro atoms. The Kier molecular flexibility index (Phi) is 9.63. The first-order valence-electron chi connectivity index (χ1n) is 6.25. The Morgan fingerprint density at radius 3 is 2.56 bits per heavy atom. The molecule has 0 unspecified atom stereocenters. The molecule has 0 fully saturated rings. The highest BCUT2D eigenvalue weighted by molar-refractivity contribution is 7.80. The molecular weight excluding hydrogens is 220 g/mol. The van der Waals surface area contributed by atoms with Crippen LogP contribution < -0.4 is 5.32 Å². The number of hydrogen-bond donors (Lipinski definition) is 1. The lowest BCUT2D eigenvalue weighted by atomic mass is 10.3. The largest absolute Gasteiger partial charge is 0.382 e. The zero-order valence-electron chi connectivity index (χ0n) is 11.1. The topological polar surface area (TPSA) is 24.5 Å². The molecule has 3 nitrogen and oxygen atoms in total. The van der Waals surface area contributed by atoms with Gasteiger partial charge >= 0.3 is 0 Å². The summed E-state index contributed by atoms with van der Waals surface area (Å²) in [4.78, 5) is 2.23. The van der Waals surface area contributed by atoms with Gasteiger partial charge in [-0.3, -0.25) is 0 Å². The summed E-state index contributed by atoms with van der Waals surface area (Å²) in [6.45, 7) is 12.0. The van der Waals surface area contributed by atoms with E-state index < -0.39 is 0 Å². The molecule has 0 rings (SSSR count). The van der Waals surface area contributed by atoms with Crippen LogP contribution in [0.5, 0.6) is 0 Å². The third-order valence-corrected chi connectivity index (χ3v) is 2.67. The third-order valence-electron chi connectivity index (χ3n) is 2.29. The summed E-state index contributed by atoms with van der Waals surface area (Å²) < 4.78 is 5.27. The standard InChI is InChI=1S/C12H26N2OS/c1-5-9-14(11(3)4)12(16)13-8-7-10-15-6-2/h11H,5-10H2,1-4H3,(H,13,16). The van der Waals surface area contributed by atoms with Crippen LogP contribution in [0.4, 0.5) is 0 Å². The highest BCUT2D eigenvalue weighted by Gasteiger charge is 2.11. The van der Waals surface area contributed by atoms with Crippen molar-refractivity contribution in [3.8, 4) is 0 Å². The molecule has 0 atom stereocenters. The van der Waals surface area contributed by atoms with Gasteiger partial charge in [0.15, 0.2) is 5.11 Å². The lowest BCUT2D eigenvalue weighted by Crippen LogP contribution is -2.44. The zero-order valence-corrected chi connectivity index (χ0v) is 11.9. The molecular formula is C12H26N2OS. The Hall–Kier alpha value is -0.350. The molecule has 0 aliphatic heterocycles. The predicted molar refractivity (Wildman–Crippen MR) is 73.8 cm³/mol. The van der Waals surface area contributed by atoms with Gasteiger partial charge in [-0.25, -0.2) is 0 Å². The monoisotopic (exact) mass is 246 g/mol. The van der Waals surface area contributed by atoms with Crippen LogP contribution in [0.3, 0.4) is 0 Å². The third kappa shape index (κ3) is 7.01. The number of thiocarbonyl (C=S) groups is 1. The first-order chi connectivity index (χ1) is 7.63. The van der Waals surface area contributed by atoms with Crippen molar-refractivity contribution in [3.05, 3.63) is 0 Å². The van der Waals surface area contributed by atoms with Crippen LogP contribution in [0, 0.1) is 0 Å². The summed E-state index contributed by atoms with van der Waals surface area (Å²) in [7, 11) is 0. The molecule has 0 bridgehead atoms. The van der Waals surface area contributed by atoms with E-state index >= 15 is 0 Å². The smallest absolute Gasteiger partial charge is 0.169 e. The summed E-state index contributed by atoms with van der Waals surface area (Å²) in [6, 6.07) is 0.465. The summed E-state index contributed by atoms with van der Waals surface area (Å²) in [6.07, 6.45) is 2.13. The van der Waals surface area contributed by atoms with Crippen molar-refractivity contribution in [2.24, 2.45) is 0 Å². The maximum atomic E-state index is 5.37. The van der Waals surface area contributed by atoms with Crippen LogP contribution in [0.1, 0.15) is 40.5 Å². The van der Waals surface area contributed by atoms with Crippen LogP contribution >= 0.6 is 12.2 Å². The summed E-state index contributed by atoms with van der Waals surface area (Å²) in [5, 5.41) is 4.15. The zero-order chi connectivity index (χ0) is 12.4. The van der Waals surface area contributed by atoms with Gasteiger partial charge in [0, 0.05) is 32.3 Å². The highest BCUT2D eigenvalue weighted by Crippen LogP contribution is 2.00. The van der Waals surface area contributed by atoms with Gasteiger partial charge in [-0.15, -0.1) is 0 Å². The first kappa shape index (κ1) is 15.7. The first-order valence-corrected chi connectivity index (χ1v) is 6.66. The Labute approximate surface area is 106 Å². The summed E-state index contributed by atoms with van der Waals surface area (Å²) >= 11 is 5.37. The fourth-order valence-electron chi connectivity index (χ4n) is 1.45. The normalized spacial score (nSPS) is 10.6. The van der Waals surface area contributed by atoms with Crippen LogP contribution in [-0.2, 0) is 4.74 Å². The second kappa shape index (κ2) is 9.85. The number of hydrogen-bond acceptors (Lipinski definition) is 2. The molecule has 0 aliphatic carbocycles. The molecule has 96 valence electrons. The highest BCUT2D eigenvalue weighted by atomic mass is 32.1. The van der Waals surface area contributed by atoms with E-state index in [9.17, 15) is 0 Å². The van der Waals surface area contributed by atoms with E-state index in [1.54, 1.807) is 0 Å². The van der Waals surface area contributed by atoms with E-state index in [1.165, 1.54) is 0 Å². The van der Waals surface area contributed by atoms with Gasteiger partial charge in [-0.05, 0) is 45.8 Å². The number of ether oxygens (including phenoxy) is 1. The van der Waals surface area contributed by atoms with Crippen molar-refractivity contribution in [2.45, 2.75) is 46.6 Å². The Morgan fingerprint density at radius 2 is 2.06 bits per heavy atom. The van der Waals surface area contributed by atoms with E-state index in [-0.39, 0.29) is 0 Å². The van der Waals surface area contributed by atoms with Crippen molar-refractivity contribution in [1.29, 1.82) is 0 Å². The summed E-state index contributed by atoms with van der Waals surface area (Å²) in [5.74, 6) is 0. The van der Waals surface area contributed by atoms with E-state index in [0.29, 0.717) is 6.04 Å². The van der Waals surface area contributed by atoms with E-state index in [1.807, 2.05) is 6.92 Å². The molecule has 0 heterocycles. The molecule has 0 saturated heterocycles. The minimum absolute atomic E-state index is 0.465. The Morgan fingerprint density at radius 1 is 1.38 bits per heavy atom. The summed E-state index contributed by atoms with van der Waals surface area (Å²) in [5.41, 5.74) is 0. The van der Waals surface area contributed by atoms with Crippen LogP contribution in [0.2, 0.25) is 0 Å². The Balaban J connectivity index is 3.74. The lowest BCUT2D eigenvalue weighted by Gasteiger charge is -2.29. The second-order valence-corrected chi connectivity index (χ2v) is 4.46. The average Bonchev–Trinajstić information content (AvgIpc) is 2.24. The Bertz CT molecular complexity index is 186. The molecule has 0 aromatic heterocycles. The van der Waals surface area contributed by atoms with Crippen LogP contribution in [-0.4, -0.2) is 42.4 Å². The van der Waals surface area contributed by atoms with Crippen molar-refractivity contribution in [2.75, 3.05) is 26.3 Å². The van der Waals surface area contributed by atoms with E-state index in [0.717, 1.165) is 44.3 Å². The van der Waals surface area contributed by atoms with Gasteiger partial charge in [0.05, 0.1) is 0 Å². The van der Waals surface area contributed by atoms with Gasteiger partial charge in [-0.2, -0.15) is 0 Å². The quantitative estimate of drug-likeness (QED) is 0.525. The predicted octanol–water partition coefficient (Wildman–Crippen LogP) is 2.41. The lowest BCUT2D eigenvalue weighted by molar-refractivity contribution is 0.145. The number of nitrogens with zero attached hydrogens (tertiary/aromatic N) is 1. The van der Waals surface area contributed by atoms with Gasteiger partial charge < -0.3 is 15.0 Å². The average molecular weight is 246 g/mol. The number of nitrogens with one attached hydrogen (secondary N) is 1. The molecule has 0 aromatic rings. The van der Waals surface area contributed by atoms with Crippen LogP contribution in [0.25, 0.3) is 0 Å². The maximum Gasteiger partial charge on any atom is 0.169 e. The number of rotatable bonds is 8. The minimum atomic E-state index is 0.465. The van der Waals surface area contributed by atoms with Crippen molar-refractivity contribution in [1.82, 2.24) is 10.2 Å². The molecule has 0 saturated carbocycles. The second-order valence-electron chi connectivity index (χ2n) is 4.07. The van der Waals surface area contributed by atoms with Crippen molar-refractivity contribution >= 4 is 17.3 Å². The van der Waals surface area contributed by atoms with Gasteiger partial charge in [0.2, 0.25) is 0 Å².